The van der Waals surface area contributed by atoms with Crippen LogP contribution in [0.2, 0.25) is 5.02 Å². The van der Waals surface area contributed by atoms with Gasteiger partial charge < -0.3 is 10.1 Å². The predicted octanol–water partition coefficient (Wildman–Crippen LogP) is 4.22. The molecule has 1 heterocycles. The maximum atomic E-state index is 6.35. The van der Waals surface area contributed by atoms with E-state index in [2.05, 4.69) is 22.8 Å². The number of ether oxygens (including phenoxy) is 1. The molecule has 19 heavy (non-hydrogen) atoms. The van der Waals surface area contributed by atoms with Gasteiger partial charge in [0.15, 0.2) is 0 Å². The summed E-state index contributed by atoms with van der Waals surface area (Å²) >= 11 is 8.06. The summed E-state index contributed by atoms with van der Waals surface area (Å²) in [5.41, 5.74) is 2.42. The highest BCUT2D eigenvalue weighted by molar-refractivity contribution is 7.10. The lowest BCUT2D eigenvalue weighted by Gasteiger charge is -2.15. The second-order valence-electron chi connectivity index (χ2n) is 4.49. The lowest BCUT2D eigenvalue weighted by molar-refractivity contribution is 0.414. The third kappa shape index (κ3) is 3.30. The lowest BCUT2D eigenvalue weighted by Crippen LogP contribution is -2.18. The normalized spacial score (nSPS) is 12.4. The molecular weight excluding hydrogens is 278 g/mol. The van der Waals surface area contributed by atoms with E-state index >= 15 is 0 Å². The average molecular weight is 296 g/mol. The van der Waals surface area contributed by atoms with Crippen molar-refractivity contribution in [1.29, 1.82) is 0 Å². The third-order valence-corrected chi connectivity index (χ3v) is 5.02. The maximum absolute atomic E-state index is 6.35. The van der Waals surface area contributed by atoms with Crippen LogP contribution in [0.15, 0.2) is 29.6 Å². The van der Waals surface area contributed by atoms with E-state index in [1.54, 1.807) is 18.4 Å². The van der Waals surface area contributed by atoms with Crippen LogP contribution in [-0.4, -0.2) is 14.2 Å². The van der Waals surface area contributed by atoms with E-state index in [1.165, 1.54) is 10.4 Å². The second kappa shape index (κ2) is 6.42. The van der Waals surface area contributed by atoms with Gasteiger partial charge in [-0.25, -0.2) is 0 Å². The van der Waals surface area contributed by atoms with E-state index in [9.17, 15) is 0 Å². The average Bonchev–Trinajstić information content (AvgIpc) is 2.77. The van der Waals surface area contributed by atoms with Gasteiger partial charge >= 0.3 is 0 Å². The van der Waals surface area contributed by atoms with Crippen molar-refractivity contribution in [3.05, 3.63) is 50.7 Å². The number of rotatable bonds is 5. The summed E-state index contributed by atoms with van der Waals surface area (Å²) in [5.74, 6) is 0.884. The predicted molar refractivity (Wildman–Crippen MR) is 82.6 cm³/mol. The third-order valence-electron chi connectivity index (χ3n) is 3.19. The van der Waals surface area contributed by atoms with Crippen LogP contribution in [0.4, 0.5) is 0 Å². The number of methoxy groups -OCH3 is 1. The van der Waals surface area contributed by atoms with E-state index < -0.39 is 0 Å². The first-order chi connectivity index (χ1) is 9.15. The molecule has 0 saturated carbocycles. The Labute approximate surface area is 123 Å². The summed E-state index contributed by atoms with van der Waals surface area (Å²) in [6.07, 6.45) is 0.917. The van der Waals surface area contributed by atoms with Gasteiger partial charge in [0.2, 0.25) is 0 Å². The van der Waals surface area contributed by atoms with Gasteiger partial charge in [-0.05, 0) is 49.0 Å². The molecule has 0 radical (unpaired) electrons. The Hall–Kier alpha value is -1.03. The molecule has 102 valence electrons. The molecule has 1 aromatic carbocycles. The number of hydrogen-bond donors (Lipinski definition) is 1. The maximum Gasteiger partial charge on any atom is 0.118 e. The van der Waals surface area contributed by atoms with E-state index in [-0.39, 0.29) is 6.04 Å². The molecule has 1 atom stereocenters. The topological polar surface area (TPSA) is 21.3 Å². The number of halogens is 1. The fourth-order valence-electron chi connectivity index (χ4n) is 2.01. The van der Waals surface area contributed by atoms with Gasteiger partial charge in [-0.2, -0.15) is 0 Å². The Morgan fingerprint density at radius 1 is 1.32 bits per heavy atom. The zero-order valence-corrected chi connectivity index (χ0v) is 12.9. The molecule has 0 aliphatic rings. The summed E-state index contributed by atoms with van der Waals surface area (Å²) in [4.78, 5) is 1.21. The molecule has 2 aromatic rings. The van der Waals surface area contributed by atoms with E-state index in [1.807, 2.05) is 26.1 Å². The molecule has 4 heteroatoms. The van der Waals surface area contributed by atoms with E-state index in [4.69, 9.17) is 16.3 Å². The minimum Gasteiger partial charge on any atom is -0.497 e. The van der Waals surface area contributed by atoms with Crippen molar-refractivity contribution in [1.82, 2.24) is 5.32 Å². The summed E-state index contributed by atoms with van der Waals surface area (Å²) in [7, 11) is 3.65. The van der Waals surface area contributed by atoms with Crippen LogP contribution in [0.3, 0.4) is 0 Å². The number of benzene rings is 1. The first-order valence-corrected chi connectivity index (χ1v) is 7.45. The van der Waals surface area contributed by atoms with Crippen LogP contribution in [-0.2, 0) is 6.42 Å². The molecule has 2 rings (SSSR count). The van der Waals surface area contributed by atoms with Crippen LogP contribution in [0.25, 0.3) is 0 Å². The molecule has 0 bridgehead atoms. The van der Waals surface area contributed by atoms with Crippen molar-refractivity contribution in [2.75, 3.05) is 14.2 Å². The van der Waals surface area contributed by atoms with E-state index in [0.717, 1.165) is 22.8 Å². The molecule has 0 aliphatic heterocycles. The number of hydrogen-bond acceptors (Lipinski definition) is 3. The highest BCUT2D eigenvalue weighted by atomic mass is 35.5. The van der Waals surface area contributed by atoms with Crippen LogP contribution >= 0.6 is 22.9 Å². The molecule has 0 spiro atoms. The fraction of sp³-hybridized carbons (Fsp3) is 0.333. The van der Waals surface area contributed by atoms with Gasteiger partial charge in [-0.15, -0.1) is 11.3 Å². The zero-order valence-electron chi connectivity index (χ0n) is 11.4. The zero-order chi connectivity index (χ0) is 13.8. The standard InChI is InChI=1S/C15H18ClNOS/c1-10-9-19-15(14(10)16)13(17-2)8-11-4-6-12(18-3)7-5-11/h4-7,9,13,17H,8H2,1-3H3. The van der Waals surface area contributed by atoms with Gasteiger partial charge in [0.05, 0.1) is 12.1 Å². The summed E-state index contributed by atoms with van der Waals surface area (Å²) in [5, 5.41) is 6.34. The van der Waals surface area contributed by atoms with Gasteiger partial charge in [0.1, 0.15) is 5.75 Å². The number of nitrogens with one attached hydrogen (secondary N) is 1. The number of thiophene rings is 1. The lowest BCUT2D eigenvalue weighted by atomic mass is 10.0. The quantitative estimate of drug-likeness (QED) is 0.891. The van der Waals surface area contributed by atoms with Crippen molar-refractivity contribution < 1.29 is 4.74 Å². The van der Waals surface area contributed by atoms with Crippen molar-refractivity contribution in [2.45, 2.75) is 19.4 Å². The van der Waals surface area contributed by atoms with Crippen LogP contribution in [0.1, 0.15) is 22.0 Å². The summed E-state index contributed by atoms with van der Waals surface area (Å²) < 4.78 is 5.17. The summed E-state index contributed by atoms with van der Waals surface area (Å²) in [6, 6.07) is 8.42. The smallest absolute Gasteiger partial charge is 0.118 e. The fourth-order valence-corrected chi connectivity index (χ4v) is 3.44. The molecule has 0 fully saturated rings. The SMILES string of the molecule is CNC(Cc1ccc(OC)cc1)c1scc(C)c1Cl. The summed E-state index contributed by atoms with van der Waals surface area (Å²) in [6.45, 7) is 2.04. The second-order valence-corrected chi connectivity index (χ2v) is 5.78. The van der Waals surface area contributed by atoms with Gasteiger partial charge in [0.25, 0.3) is 0 Å². The van der Waals surface area contributed by atoms with Gasteiger partial charge in [0, 0.05) is 10.9 Å². The molecular formula is C15H18ClNOS. The number of likely N-dealkylation sites (N-methyl/N-ethyl adjacent to an activating group) is 1. The Balaban J connectivity index is 2.16. The van der Waals surface area contributed by atoms with Crippen molar-refractivity contribution in [3.63, 3.8) is 0 Å². The Morgan fingerprint density at radius 2 is 2.00 bits per heavy atom. The Kier molecular flexibility index (Phi) is 4.86. The molecule has 1 N–H and O–H groups in total. The minimum absolute atomic E-state index is 0.250. The van der Waals surface area contributed by atoms with Crippen LogP contribution < -0.4 is 10.1 Å². The van der Waals surface area contributed by atoms with Crippen molar-refractivity contribution >= 4 is 22.9 Å². The Morgan fingerprint density at radius 3 is 2.47 bits per heavy atom. The number of aryl methyl sites for hydroxylation is 1. The Bertz CT molecular complexity index is 536. The molecule has 0 aliphatic carbocycles. The highest BCUT2D eigenvalue weighted by Gasteiger charge is 2.16. The molecule has 1 unspecified atom stereocenters. The van der Waals surface area contributed by atoms with Crippen LogP contribution in [0.5, 0.6) is 5.75 Å². The molecule has 0 amide bonds. The van der Waals surface area contributed by atoms with Gasteiger partial charge in [-0.1, -0.05) is 23.7 Å². The monoisotopic (exact) mass is 295 g/mol. The largest absolute Gasteiger partial charge is 0.497 e. The van der Waals surface area contributed by atoms with Gasteiger partial charge in [-0.3, -0.25) is 0 Å². The first kappa shape index (κ1) is 14.4. The first-order valence-electron chi connectivity index (χ1n) is 6.19. The van der Waals surface area contributed by atoms with Crippen molar-refractivity contribution in [2.24, 2.45) is 0 Å². The van der Waals surface area contributed by atoms with Crippen LogP contribution in [0, 0.1) is 6.92 Å². The van der Waals surface area contributed by atoms with Crippen molar-refractivity contribution in [3.8, 4) is 5.75 Å². The molecule has 0 saturated heterocycles. The van der Waals surface area contributed by atoms with E-state index in [0.29, 0.717) is 0 Å². The molecule has 1 aromatic heterocycles. The minimum atomic E-state index is 0.250. The highest BCUT2D eigenvalue weighted by Crippen LogP contribution is 2.34. The molecule has 2 nitrogen and oxygen atoms in total.